The third-order valence-electron chi connectivity index (χ3n) is 5.59. The molecule has 3 rings (SSSR count). The third-order valence-corrected chi connectivity index (χ3v) is 5.59. The lowest BCUT2D eigenvalue weighted by Crippen LogP contribution is -2.55. The van der Waals surface area contributed by atoms with Gasteiger partial charge in [0, 0.05) is 44.6 Å². The van der Waals surface area contributed by atoms with Gasteiger partial charge in [0.25, 0.3) is 5.91 Å². The van der Waals surface area contributed by atoms with E-state index in [2.05, 4.69) is 17.2 Å². The highest BCUT2D eigenvalue weighted by Crippen LogP contribution is 2.39. The molecule has 8 nitrogen and oxygen atoms in total. The van der Waals surface area contributed by atoms with Crippen molar-refractivity contribution in [1.82, 2.24) is 24.8 Å². The molecule has 26 heavy (non-hydrogen) atoms. The van der Waals surface area contributed by atoms with E-state index < -0.39 is 0 Å². The number of piperidine rings is 2. The fourth-order valence-electron chi connectivity index (χ4n) is 4.17. The summed E-state index contributed by atoms with van der Waals surface area (Å²) in [5.41, 5.74) is 5.94. The molecular formula is C18H30N6O2. The highest BCUT2D eigenvalue weighted by Gasteiger charge is 2.42. The van der Waals surface area contributed by atoms with Gasteiger partial charge in [0.2, 0.25) is 5.91 Å². The average Bonchev–Trinajstić information content (AvgIpc) is 3.11. The lowest BCUT2D eigenvalue weighted by atomic mass is 9.73. The Kier molecular flexibility index (Phi) is 5.90. The SMILES string of the molecule is CCCCN1CC2(CCCN(C(=O)c3cn(CCN)nn3)C2)CCC1=O. The van der Waals surface area contributed by atoms with E-state index in [1.54, 1.807) is 10.9 Å². The van der Waals surface area contributed by atoms with Crippen LogP contribution in [0.2, 0.25) is 0 Å². The Morgan fingerprint density at radius 3 is 2.92 bits per heavy atom. The zero-order valence-electron chi connectivity index (χ0n) is 15.7. The number of nitrogens with two attached hydrogens (primary N) is 1. The second-order valence-corrected chi connectivity index (χ2v) is 7.65. The number of amides is 2. The number of likely N-dealkylation sites (tertiary alicyclic amines) is 2. The van der Waals surface area contributed by atoms with Gasteiger partial charge in [0.15, 0.2) is 5.69 Å². The van der Waals surface area contributed by atoms with Crippen LogP contribution in [0.15, 0.2) is 6.20 Å². The van der Waals surface area contributed by atoms with Gasteiger partial charge >= 0.3 is 0 Å². The van der Waals surface area contributed by atoms with E-state index in [4.69, 9.17) is 5.73 Å². The van der Waals surface area contributed by atoms with Crippen molar-refractivity contribution in [2.24, 2.45) is 11.1 Å². The van der Waals surface area contributed by atoms with Crippen molar-refractivity contribution in [2.45, 2.75) is 52.0 Å². The first-order chi connectivity index (χ1) is 12.6. The maximum Gasteiger partial charge on any atom is 0.276 e. The molecule has 1 aromatic heterocycles. The summed E-state index contributed by atoms with van der Waals surface area (Å²) < 4.78 is 1.61. The van der Waals surface area contributed by atoms with Crippen LogP contribution in [0.1, 0.15) is 55.9 Å². The van der Waals surface area contributed by atoms with E-state index in [0.717, 1.165) is 51.7 Å². The van der Waals surface area contributed by atoms with E-state index >= 15 is 0 Å². The number of hydrogen-bond donors (Lipinski definition) is 1. The van der Waals surface area contributed by atoms with Crippen LogP contribution < -0.4 is 5.73 Å². The van der Waals surface area contributed by atoms with Crippen molar-refractivity contribution >= 4 is 11.8 Å². The van der Waals surface area contributed by atoms with Crippen molar-refractivity contribution in [3.05, 3.63) is 11.9 Å². The van der Waals surface area contributed by atoms with Crippen molar-refractivity contribution in [3.63, 3.8) is 0 Å². The fourth-order valence-corrected chi connectivity index (χ4v) is 4.17. The zero-order chi connectivity index (χ0) is 18.6. The van der Waals surface area contributed by atoms with Gasteiger partial charge in [-0.2, -0.15) is 0 Å². The Hall–Kier alpha value is -1.96. The second-order valence-electron chi connectivity index (χ2n) is 7.65. The van der Waals surface area contributed by atoms with Crippen LogP contribution in [0, 0.1) is 5.41 Å². The number of carbonyl (C=O) groups is 2. The topological polar surface area (TPSA) is 97.3 Å². The van der Waals surface area contributed by atoms with Crippen LogP contribution in [0.3, 0.4) is 0 Å². The fraction of sp³-hybridized carbons (Fsp3) is 0.778. The lowest BCUT2D eigenvalue weighted by Gasteiger charge is -2.48. The molecule has 2 amide bonds. The largest absolute Gasteiger partial charge is 0.342 e. The average molecular weight is 362 g/mol. The summed E-state index contributed by atoms with van der Waals surface area (Å²) in [6.45, 7) is 6.21. The lowest BCUT2D eigenvalue weighted by molar-refractivity contribution is -0.139. The van der Waals surface area contributed by atoms with Crippen LogP contribution in [0.4, 0.5) is 0 Å². The molecule has 1 spiro atoms. The third kappa shape index (κ3) is 4.06. The first kappa shape index (κ1) is 18.8. The first-order valence-corrected chi connectivity index (χ1v) is 9.74. The summed E-state index contributed by atoms with van der Waals surface area (Å²) in [7, 11) is 0. The highest BCUT2D eigenvalue weighted by atomic mass is 16.2. The van der Waals surface area contributed by atoms with Crippen LogP contribution in [-0.4, -0.2) is 69.3 Å². The molecule has 2 aliphatic rings. The molecule has 1 atom stereocenters. The summed E-state index contributed by atoms with van der Waals surface area (Å²) in [6, 6.07) is 0. The summed E-state index contributed by atoms with van der Waals surface area (Å²) in [6.07, 6.45) is 7.31. The molecule has 2 saturated heterocycles. The first-order valence-electron chi connectivity index (χ1n) is 9.74. The molecule has 3 heterocycles. The Bertz CT molecular complexity index is 645. The van der Waals surface area contributed by atoms with E-state index in [0.29, 0.717) is 31.7 Å². The van der Waals surface area contributed by atoms with Crippen molar-refractivity contribution < 1.29 is 9.59 Å². The number of nitrogens with zero attached hydrogens (tertiary/aromatic N) is 5. The van der Waals surface area contributed by atoms with E-state index in [1.807, 2.05) is 9.80 Å². The van der Waals surface area contributed by atoms with E-state index in [-0.39, 0.29) is 17.2 Å². The molecule has 1 aromatic rings. The predicted octanol–water partition coefficient (Wildman–Crippen LogP) is 0.882. The second kappa shape index (κ2) is 8.16. The summed E-state index contributed by atoms with van der Waals surface area (Å²) in [4.78, 5) is 29.0. The number of rotatable bonds is 6. The number of unbranched alkanes of at least 4 members (excludes halogenated alkanes) is 1. The summed E-state index contributed by atoms with van der Waals surface area (Å²) in [5, 5.41) is 7.98. The maximum absolute atomic E-state index is 12.9. The maximum atomic E-state index is 12.9. The van der Waals surface area contributed by atoms with Gasteiger partial charge in [0.1, 0.15) is 0 Å². The summed E-state index contributed by atoms with van der Waals surface area (Å²) >= 11 is 0. The Morgan fingerprint density at radius 1 is 1.31 bits per heavy atom. The Labute approximate surface area is 154 Å². The van der Waals surface area contributed by atoms with Gasteiger partial charge in [-0.25, -0.2) is 0 Å². The van der Waals surface area contributed by atoms with E-state index in [1.165, 1.54) is 0 Å². The van der Waals surface area contributed by atoms with Crippen LogP contribution in [0.5, 0.6) is 0 Å². The number of aromatic nitrogens is 3. The molecule has 0 aromatic carbocycles. The normalized spacial score (nSPS) is 23.7. The molecule has 0 radical (unpaired) electrons. The molecule has 2 aliphatic heterocycles. The van der Waals surface area contributed by atoms with Crippen molar-refractivity contribution in [2.75, 3.05) is 32.7 Å². The molecule has 1 unspecified atom stereocenters. The molecule has 2 fully saturated rings. The smallest absolute Gasteiger partial charge is 0.276 e. The molecule has 8 heteroatoms. The van der Waals surface area contributed by atoms with Gasteiger partial charge in [-0.1, -0.05) is 18.6 Å². The Morgan fingerprint density at radius 2 is 2.15 bits per heavy atom. The quantitative estimate of drug-likeness (QED) is 0.810. The van der Waals surface area contributed by atoms with Crippen molar-refractivity contribution in [1.29, 1.82) is 0 Å². The molecule has 0 bridgehead atoms. The zero-order valence-corrected chi connectivity index (χ0v) is 15.7. The van der Waals surface area contributed by atoms with Gasteiger partial charge in [-0.05, 0) is 25.7 Å². The van der Waals surface area contributed by atoms with E-state index in [9.17, 15) is 9.59 Å². The summed E-state index contributed by atoms with van der Waals surface area (Å²) in [5.74, 6) is 0.196. The molecule has 0 aliphatic carbocycles. The van der Waals surface area contributed by atoms with Gasteiger partial charge < -0.3 is 15.5 Å². The molecule has 0 saturated carbocycles. The molecule has 144 valence electrons. The minimum Gasteiger partial charge on any atom is -0.342 e. The van der Waals surface area contributed by atoms with Gasteiger partial charge in [-0.3, -0.25) is 14.3 Å². The van der Waals surface area contributed by atoms with Crippen LogP contribution in [0.25, 0.3) is 0 Å². The van der Waals surface area contributed by atoms with Crippen LogP contribution in [-0.2, 0) is 11.3 Å². The number of hydrogen-bond acceptors (Lipinski definition) is 5. The minimum absolute atomic E-state index is 0.0306. The molecule has 2 N–H and O–H groups in total. The minimum atomic E-state index is -0.0654. The Balaban J connectivity index is 1.67. The monoisotopic (exact) mass is 362 g/mol. The van der Waals surface area contributed by atoms with Crippen LogP contribution >= 0.6 is 0 Å². The number of carbonyl (C=O) groups excluding carboxylic acids is 2. The van der Waals surface area contributed by atoms with Gasteiger partial charge in [0.05, 0.1) is 12.7 Å². The molecular weight excluding hydrogens is 332 g/mol. The predicted molar refractivity (Wildman–Crippen MR) is 97.4 cm³/mol. The van der Waals surface area contributed by atoms with Gasteiger partial charge in [-0.15, -0.1) is 5.10 Å². The van der Waals surface area contributed by atoms with Crippen molar-refractivity contribution in [3.8, 4) is 0 Å². The standard InChI is InChI=1S/C18H30N6O2/c1-2-3-9-22-13-18(7-5-16(22)25)6-4-10-23(14-18)17(26)15-12-24(11-8-19)21-20-15/h12H,2-11,13-14,19H2,1H3. The highest BCUT2D eigenvalue weighted by molar-refractivity contribution is 5.92.